The van der Waals surface area contributed by atoms with E-state index in [0.717, 1.165) is 16.9 Å². The van der Waals surface area contributed by atoms with E-state index >= 15 is 0 Å². The molecule has 0 spiro atoms. The first-order chi connectivity index (χ1) is 9.00. The third-order valence-electron chi connectivity index (χ3n) is 2.82. The number of nitrogens with one attached hydrogen (secondary N) is 1. The lowest BCUT2D eigenvalue weighted by molar-refractivity contribution is -0.118. The molecule has 1 amide bonds. The monoisotopic (exact) mass is 299 g/mol. The summed E-state index contributed by atoms with van der Waals surface area (Å²) in [6, 6.07) is 5.63. The molecule has 4 nitrogen and oxygen atoms in total. The quantitative estimate of drug-likeness (QED) is 0.882. The van der Waals surface area contributed by atoms with Crippen LogP contribution in [0.3, 0.4) is 0 Å². The molecule has 1 unspecified atom stereocenters. The number of carbonyl (C=O) groups is 1. The minimum absolute atomic E-state index is 0.0528. The lowest BCUT2D eigenvalue weighted by Crippen LogP contribution is -2.25. The zero-order chi connectivity index (χ0) is 14.0. The van der Waals surface area contributed by atoms with Crippen molar-refractivity contribution in [3.05, 3.63) is 29.0 Å². The molecule has 1 heterocycles. The molecule has 0 aliphatic carbocycles. The maximum absolute atomic E-state index is 10.9. The molecule has 1 N–H and O–H groups in total. The van der Waals surface area contributed by atoms with Crippen LogP contribution < -0.4 is 5.32 Å². The number of hydrogen-bond donors (Lipinski definition) is 1. The van der Waals surface area contributed by atoms with E-state index in [2.05, 4.69) is 10.3 Å². The molecule has 6 heteroatoms. The van der Waals surface area contributed by atoms with Gasteiger partial charge in [0.1, 0.15) is 11.3 Å². The average molecular weight is 300 g/mol. The first-order valence-electron chi connectivity index (χ1n) is 6.04. The number of hydrogen-bond acceptors (Lipinski definition) is 2. The molecule has 1 atom stereocenters. The minimum Gasteiger partial charge on any atom is -0.355 e. The van der Waals surface area contributed by atoms with Crippen molar-refractivity contribution >= 4 is 40.1 Å². The Morgan fingerprint density at radius 3 is 2.89 bits per heavy atom. The van der Waals surface area contributed by atoms with E-state index in [1.165, 1.54) is 6.92 Å². The second kappa shape index (κ2) is 5.80. The summed E-state index contributed by atoms with van der Waals surface area (Å²) in [5.74, 6) is 0.707. The lowest BCUT2D eigenvalue weighted by atomic mass is 10.3. The van der Waals surface area contributed by atoms with Crippen LogP contribution >= 0.6 is 23.2 Å². The van der Waals surface area contributed by atoms with Crippen molar-refractivity contribution in [1.29, 1.82) is 0 Å². The fourth-order valence-corrected chi connectivity index (χ4v) is 2.39. The molecular formula is C13H15Cl2N3O. The van der Waals surface area contributed by atoms with Crippen molar-refractivity contribution in [3.63, 3.8) is 0 Å². The lowest BCUT2D eigenvalue weighted by Gasteiger charge is -2.10. The average Bonchev–Trinajstić information content (AvgIpc) is 2.70. The summed E-state index contributed by atoms with van der Waals surface area (Å²) in [5.41, 5.74) is 1.68. The topological polar surface area (TPSA) is 46.9 Å². The number of rotatable bonds is 4. The van der Waals surface area contributed by atoms with Gasteiger partial charge in [0, 0.05) is 20.0 Å². The first kappa shape index (κ1) is 14.2. The van der Waals surface area contributed by atoms with Crippen LogP contribution in [0.15, 0.2) is 18.2 Å². The molecule has 1 aromatic heterocycles. The van der Waals surface area contributed by atoms with Gasteiger partial charge < -0.3 is 9.88 Å². The van der Waals surface area contributed by atoms with Gasteiger partial charge in [-0.05, 0) is 19.1 Å². The van der Waals surface area contributed by atoms with Crippen molar-refractivity contribution in [1.82, 2.24) is 14.9 Å². The standard InChI is InChI=1S/C13H15Cl2N3O/c1-8(14)13-17-12-10(15)4-3-5-11(12)18(13)7-6-16-9(2)19/h3-5,8H,6-7H2,1-2H3,(H,16,19). The van der Waals surface area contributed by atoms with Crippen LogP contribution in [0.1, 0.15) is 25.0 Å². The summed E-state index contributed by atoms with van der Waals surface area (Å²) in [4.78, 5) is 15.4. The summed E-state index contributed by atoms with van der Waals surface area (Å²) in [5, 5.41) is 3.15. The Hall–Kier alpha value is -1.26. The second-order valence-corrected chi connectivity index (χ2v) is 5.39. The Morgan fingerprint density at radius 2 is 2.26 bits per heavy atom. The number of amides is 1. The zero-order valence-electron chi connectivity index (χ0n) is 10.8. The van der Waals surface area contributed by atoms with Gasteiger partial charge in [-0.25, -0.2) is 4.98 Å². The minimum atomic E-state index is -0.221. The summed E-state index contributed by atoms with van der Waals surface area (Å²) < 4.78 is 1.99. The van der Waals surface area contributed by atoms with E-state index in [4.69, 9.17) is 23.2 Å². The summed E-state index contributed by atoms with van der Waals surface area (Å²) >= 11 is 12.3. The third kappa shape index (κ3) is 3.01. The fourth-order valence-electron chi connectivity index (χ4n) is 2.01. The number of halogens is 2. The maximum atomic E-state index is 10.9. The van der Waals surface area contributed by atoms with Gasteiger partial charge in [-0.1, -0.05) is 17.7 Å². The van der Waals surface area contributed by atoms with E-state index in [-0.39, 0.29) is 11.3 Å². The van der Waals surface area contributed by atoms with Crippen LogP contribution in [0.25, 0.3) is 11.0 Å². The van der Waals surface area contributed by atoms with E-state index < -0.39 is 0 Å². The highest BCUT2D eigenvalue weighted by molar-refractivity contribution is 6.35. The van der Waals surface area contributed by atoms with Crippen LogP contribution in [0.5, 0.6) is 0 Å². The Labute approximate surface area is 121 Å². The number of para-hydroxylation sites is 1. The van der Waals surface area contributed by atoms with E-state index in [0.29, 0.717) is 18.1 Å². The number of carbonyl (C=O) groups excluding carboxylic acids is 1. The molecule has 0 bridgehead atoms. The van der Waals surface area contributed by atoms with Crippen molar-refractivity contribution in [2.45, 2.75) is 25.8 Å². The molecule has 102 valence electrons. The molecule has 2 rings (SSSR count). The predicted molar refractivity (Wildman–Crippen MR) is 77.7 cm³/mol. The van der Waals surface area contributed by atoms with E-state index in [9.17, 15) is 4.79 Å². The van der Waals surface area contributed by atoms with Gasteiger partial charge >= 0.3 is 0 Å². The van der Waals surface area contributed by atoms with Crippen LogP contribution in [0.2, 0.25) is 5.02 Å². The summed E-state index contributed by atoms with van der Waals surface area (Å²) in [7, 11) is 0. The smallest absolute Gasteiger partial charge is 0.216 e. The number of nitrogens with zero attached hydrogens (tertiary/aromatic N) is 2. The normalized spacial score (nSPS) is 12.6. The molecule has 19 heavy (non-hydrogen) atoms. The van der Waals surface area contributed by atoms with Crippen LogP contribution in [-0.4, -0.2) is 22.0 Å². The Kier molecular flexibility index (Phi) is 4.32. The van der Waals surface area contributed by atoms with Crippen molar-refractivity contribution in [2.24, 2.45) is 0 Å². The molecule has 0 radical (unpaired) electrons. The highest BCUT2D eigenvalue weighted by Crippen LogP contribution is 2.28. The third-order valence-corrected chi connectivity index (χ3v) is 3.32. The van der Waals surface area contributed by atoms with Crippen LogP contribution in [0, 0.1) is 0 Å². The van der Waals surface area contributed by atoms with E-state index in [1.807, 2.05) is 23.6 Å². The molecule has 0 saturated carbocycles. The number of benzene rings is 1. The van der Waals surface area contributed by atoms with Gasteiger partial charge in [0.2, 0.25) is 5.91 Å². The molecule has 0 saturated heterocycles. The molecular weight excluding hydrogens is 285 g/mol. The Balaban J connectivity index is 2.41. The molecule has 0 aliphatic heterocycles. The van der Waals surface area contributed by atoms with Gasteiger partial charge in [0.15, 0.2) is 0 Å². The van der Waals surface area contributed by atoms with Crippen molar-refractivity contribution in [3.8, 4) is 0 Å². The fraction of sp³-hybridized carbons (Fsp3) is 0.385. The van der Waals surface area contributed by atoms with Crippen LogP contribution in [0.4, 0.5) is 0 Å². The number of imidazole rings is 1. The molecule has 1 aromatic carbocycles. The predicted octanol–water partition coefficient (Wildman–Crippen LogP) is 3.13. The van der Waals surface area contributed by atoms with Gasteiger partial charge in [0.05, 0.1) is 15.9 Å². The van der Waals surface area contributed by atoms with Gasteiger partial charge in [-0.15, -0.1) is 11.6 Å². The molecule has 0 aliphatic rings. The van der Waals surface area contributed by atoms with Crippen molar-refractivity contribution in [2.75, 3.05) is 6.54 Å². The van der Waals surface area contributed by atoms with Crippen molar-refractivity contribution < 1.29 is 4.79 Å². The molecule has 0 fully saturated rings. The number of fused-ring (bicyclic) bond motifs is 1. The van der Waals surface area contributed by atoms with Gasteiger partial charge in [0.25, 0.3) is 0 Å². The summed E-state index contributed by atoms with van der Waals surface area (Å²) in [6.45, 7) is 4.51. The molecule has 2 aromatic rings. The second-order valence-electron chi connectivity index (χ2n) is 4.33. The zero-order valence-corrected chi connectivity index (χ0v) is 12.3. The highest BCUT2D eigenvalue weighted by atomic mass is 35.5. The Morgan fingerprint density at radius 1 is 1.53 bits per heavy atom. The highest BCUT2D eigenvalue weighted by Gasteiger charge is 2.16. The largest absolute Gasteiger partial charge is 0.355 e. The van der Waals surface area contributed by atoms with Crippen LogP contribution in [-0.2, 0) is 11.3 Å². The van der Waals surface area contributed by atoms with E-state index in [1.54, 1.807) is 6.07 Å². The maximum Gasteiger partial charge on any atom is 0.216 e. The van der Waals surface area contributed by atoms with Gasteiger partial charge in [-0.3, -0.25) is 4.79 Å². The number of aromatic nitrogens is 2. The van der Waals surface area contributed by atoms with Gasteiger partial charge in [-0.2, -0.15) is 0 Å². The SMILES string of the molecule is CC(=O)NCCn1c(C(C)Cl)nc2c(Cl)cccc21. The summed E-state index contributed by atoms with van der Waals surface area (Å²) in [6.07, 6.45) is 0. The first-order valence-corrected chi connectivity index (χ1v) is 6.85. The Bertz CT molecular complexity index is 607. The number of alkyl halides is 1.